The summed E-state index contributed by atoms with van der Waals surface area (Å²) in [6.45, 7) is 6.11. The molecule has 0 saturated carbocycles. The summed E-state index contributed by atoms with van der Waals surface area (Å²) in [6.07, 6.45) is 3.50. The standard InChI is InChI=1S/C14H16ClN3/c1-4-10-7-6-8-16-12(10)14-17-9(3)11(5-2)13(15)18-14/h6-8H,4-5H2,1-3H3. The molecule has 0 N–H and O–H groups in total. The summed E-state index contributed by atoms with van der Waals surface area (Å²) in [7, 11) is 0. The molecule has 94 valence electrons. The van der Waals surface area contributed by atoms with Gasteiger partial charge in [-0.1, -0.05) is 31.5 Å². The first-order chi connectivity index (χ1) is 8.67. The van der Waals surface area contributed by atoms with E-state index in [2.05, 4.69) is 28.8 Å². The number of aromatic nitrogens is 3. The summed E-state index contributed by atoms with van der Waals surface area (Å²) in [5, 5.41) is 0.535. The number of halogens is 1. The van der Waals surface area contributed by atoms with Crippen LogP contribution < -0.4 is 0 Å². The van der Waals surface area contributed by atoms with Crippen LogP contribution in [0.4, 0.5) is 0 Å². The van der Waals surface area contributed by atoms with Crippen molar-refractivity contribution in [3.63, 3.8) is 0 Å². The summed E-state index contributed by atoms with van der Waals surface area (Å²) < 4.78 is 0. The van der Waals surface area contributed by atoms with E-state index >= 15 is 0 Å². The molecule has 4 heteroatoms. The van der Waals surface area contributed by atoms with Crippen molar-refractivity contribution in [2.75, 3.05) is 0 Å². The van der Waals surface area contributed by atoms with E-state index in [9.17, 15) is 0 Å². The van der Waals surface area contributed by atoms with Gasteiger partial charge in [0.1, 0.15) is 10.8 Å². The van der Waals surface area contributed by atoms with Crippen LogP contribution in [0.25, 0.3) is 11.5 Å². The summed E-state index contributed by atoms with van der Waals surface area (Å²) >= 11 is 6.20. The van der Waals surface area contributed by atoms with Crippen molar-refractivity contribution in [2.45, 2.75) is 33.6 Å². The lowest BCUT2D eigenvalue weighted by atomic mass is 10.1. The van der Waals surface area contributed by atoms with Crippen LogP contribution in [0.15, 0.2) is 18.3 Å². The van der Waals surface area contributed by atoms with Crippen LogP contribution in [0.2, 0.25) is 5.15 Å². The van der Waals surface area contributed by atoms with E-state index in [4.69, 9.17) is 11.6 Å². The molecule has 2 rings (SSSR count). The van der Waals surface area contributed by atoms with Crippen molar-refractivity contribution in [1.82, 2.24) is 15.0 Å². The Hall–Kier alpha value is -1.48. The van der Waals surface area contributed by atoms with E-state index in [0.717, 1.165) is 35.4 Å². The number of nitrogens with zero attached hydrogens (tertiary/aromatic N) is 3. The molecule has 0 fully saturated rings. The van der Waals surface area contributed by atoms with Crippen molar-refractivity contribution in [2.24, 2.45) is 0 Å². The minimum atomic E-state index is 0.535. The maximum atomic E-state index is 6.20. The first-order valence-corrected chi connectivity index (χ1v) is 6.52. The Morgan fingerprint density at radius 1 is 1.17 bits per heavy atom. The highest BCUT2D eigenvalue weighted by Crippen LogP contribution is 2.23. The highest BCUT2D eigenvalue weighted by Gasteiger charge is 2.13. The summed E-state index contributed by atoms with van der Waals surface area (Å²) in [6, 6.07) is 3.97. The van der Waals surface area contributed by atoms with Crippen LogP contribution in [0.1, 0.15) is 30.7 Å². The molecule has 0 aliphatic carbocycles. The highest BCUT2D eigenvalue weighted by atomic mass is 35.5. The molecule has 0 spiro atoms. The molecule has 2 heterocycles. The van der Waals surface area contributed by atoms with Crippen LogP contribution in [0.5, 0.6) is 0 Å². The van der Waals surface area contributed by atoms with Gasteiger partial charge in [0.2, 0.25) is 0 Å². The van der Waals surface area contributed by atoms with E-state index in [1.54, 1.807) is 6.20 Å². The average molecular weight is 262 g/mol. The van der Waals surface area contributed by atoms with Crippen LogP contribution in [0, 0.1) is 6.92 Å². The molecular formula is C14H16ClN3. The smallest absolute Gasteiger partial charge is 0.180 e. The zero-order chi connectivity index (χ0) is 13.1. The molecule has 0 radical (unpaired) electrons. The minimum absolute atomic E-state index is 0.535. The van der Waals surface area contributed by atoms with Gasteiger partial charge in [-0.05, 0) is 31.4 Å². The maximum absolute atomic E-state index is 6.20. The normalized spacial score (nSPS) is 10.7. The lowest BCUT2D eigenvalue weighted by Gasteiger charge is -2.09. The van der Waals surface area contributed by atoms with Crippen molar-refractivity contribution in [1.29, 1.82) is 0 Å². The largest absolute Gasteiger partial charge is 0.253 e. The number of hydrogen-bond donors (Lipinski definition) is 0. The molecular weight excluding hydrogens is 246 g/mol. The molecule has 0 aliphatic heterocycles. The predicted molar refractivity (Wildman–Crippen MR) is 73.8 cm³/mol. The second-order valence-corrected chi connectivity index (χ2v) is 4.48. The number of hydrogen-bond acceptors (Lipinski definition) is 3. The zero-order valence-corrected chi connectivity index (χ0v) is 11.6. The van der Waals surface area contributed by atoms with Gasteiger partial charge in [0, 0.05) is 17.5 Å². The average Bonchev–Trinajstić information content (AvgIpc) is 2.38. The van der Waals surface area contributed by atoms with Crippen molar-refractivity contribution < 1.29 is 0 Å². The Kier molecular flexibility index (Phi) is 3.92. The van der Waals surface area contributed by atoms with Gasteiger partial charge in [-0.15, -0.1) is 0 Å². The Balaban J connectivity index is 2.58. The van der Waals surface area contributed by atoms with Gasteiger partial charge in [-0.25, -0.2) is 9.97 Å². The summed E-state index contributed by atoms with van der Waals surface area (Å²) in [5.41, 5.74) is 3.90. The molecule has 0 amide bonds. The quantitative estimate of drug-likeness (QED) is 0.792. The second-order valence-electron chi connectivity index (χ2n) is 4.12. The van der Waals surface area contributed by atoms with Gasteiger partial charge in [-0.2, -0.15) is 0 Å². The van der Waals surface area contributed by atoms with Gasteiger partial charge in [0.15, 0.2) is 5.82 Å². The van der Waals surface area contributed by atoms with Crippen LogP contribution in [-0.4, -0.2) is 15.0 Å². The first-order valence-electron chi connectivity index (χ1n) is 6.14. The van der Waals surface area contributed by atoms with Gasteiger partial charge in [0.25, 0.3) is 0 Å². The third kappa shape index (κ3) is 2.36. The number of aryl methyl sites for hydroxylation is 2. The van der Waals surface area contributed by atoms with E-state index < -0.39 is 0 Å². The van der Waals surface area contributed by atoms with Gasteiger partial charge in [-0.3, -0.25) is 4.98 Å². The Bertz CT molecular complexity index is 544. The third-order valence-electron chi connectivity index (χ3n) is 3.00. The minimum Gasteiger partial charge on any atom is -0.253 e. The molecule has 18 heavy (non-hydrogen) atoms. The summed E-state index contributed by atoms with van der Waals surface area (Å²) in [5.74, 6) is 0.618. The van der Waals surface area contributed by atoms with E-state index in [1.165, 1.54) is 0 Å². The SMILES string of the molecule is CCc1cccnc1-c1nc(C)c(CC)c(Cl)n1. The molecule has 2 aromatic rings. The molecule has 2 aromatic heterocycles. The van der Waals surface area contributed by atoms with E-state index in [0.29, 0.717) is 11.0 Å². The van der Waals surface area contributed by atoms with Crippen molar-refractivity contribution in [3.8, 4) is 11.5 Å². The number of pyridine rings is 1. The van der Waals surface area contributed by atoms with E-state index in [1.807, 2.05) is 19.1 Å². The maximum Gasteiger partial charge on any atom is 0.180 e. The van der Waals surface area contributed by atoms with Crippen LogP contribution in [-0.2, 0) is 12.8 Å². The van der Waals surface area contributed by atoms with Gasteiger partial charge >= 0.3 is 0 Å². The predicted octanol–water partition coefficient (Wildman–Crippen LogP) is 3.63. The Morgan fingerprint density at radius 3 is 2.56 bits per heavy atom. The van der Waals surface area contributed by atoms with Crippen molar-refractivity contribution in [3.05, 3.63) is 40.3 Å². The third-order valence-corrected chi connectivity index (χ3v) is 3.31. The molecule has 0 aromatic carbocycles. The Morgan fingerprint density at radius 2 is 1.94 bits per heavy atom. The Labute approximate surface area is 112 Å². The summed E-state index contributed by atoms with van der Waals surface area (Å²) in [4.78, 5) is 13.3. The van der Waals surface area contributed by atoms with Crippen LogP contribution in [0.3, 0.4) is 0 Å². The molecule has 0 atom stereocenters. The molecule has 3 nitrogen and oxygen atoms in total. The van der Waals surface area contributed by atoms with Gasteiger partial charge < -0.3 is 0 Å². The topological polar surface area (TPSA) is 38.7 Å². The fourth-order valence-electron chi connectivity index (χ4n) is 1.99. The first kappa shape index (κ1) is 13.0. The second kappa shape index (κ2) is 5.44. The zero-order valence-electron chi connectivity index (χ0n) is 10.9. The highest BCUT2D eigenvalue weighted by molar-refractivity contribution is 6.30. The van der Waals surface area contributed by atoms with E-state index in [-0.39, 0.29) is 0 Å². The number of rotatable bonds is 3. The lowest BCUT2D eigenvalue weighted by Crippen LogP contribution is -2.02. The van der Waals surface area contributed by atoms with Gasteiger partial charge in [0.05, 0.1) is 0 Å². The molecule has 0 saturated heterocycles. The monoisotopic (exact) mass is 261 g/mol. The lowest BCUT2D eigenvalue weighted by molar-refractivity contribution is 0.985. The van der Waals surface area contributed by atoms with Crippen LogP contribution >= 0.6 is 11.6 Å². The fourth-order valence-corrected chi connectivity index (χ4v) is 2.34. The molecule has 0 aliphatic rings. The molecule has 0 unspecified atom stereocenters. The van der Waals surface area contributed by atoms with Crippen molar-refractivity contribution >= 4 is 11.6 Å². The molecule has 0 bridgehead atoms. The fraction of sp³-hybridized carbons (Fsp3) is 0.357.